The number of ether oxygens (including phenoxy) is 1. The normalized spacial score (nSPS) is 12.2. The van der Waals surface area contributed by atoms with Crippen molar-refractivity contribution < 1.29 is 4.74 Å². The molecular formula is C13H19NO. The Kier molecular flexibility index (Phi) is 4.37. The molecule has 2 heteroatoms. The van der Waals surface area contributed by atoms with Crippen LogP contribution in [0, 0.1) is 6.92 Å². The molecule has 0 saturated heterocycles. The molecule has 0 aliphatic heterocycles. The number of hydrogen-bond donors (Lipinski definition) is 1. The highest BCUT2D eigenvalue weighted by molar-refractivity contribution is 5.37. The maximum atomic E-state index is 5.80. The largest absolute Gasteiger partial charge is 0.493 e. The molecule has 0 aliphatic carbocycles. The number of hydrogen-bond acceptors (Lipinski definition) is 2. The van der Waals surface area contributed by atoms with E-state index >= 15 is 0 Å². The first-order valence-electron chi connectivity index (χ1n) is 5.25. The van der Waals surface area contributed by atoms with Crippen molar-refractivity contribution in [3.63, 3.8) is 0 Å². The Hall–Kier alpha value is -1.28. The van der Waals surface area contributed by atoms with E-state index in [1.54, 1.807) is 0 Å². The molecule has 2 N–H and O–H groups in total. The van der Waals surface area contributed by atoms with E-state index in [0.717, 1.165) is 23.3 Å². The summed E-state index contributed by atoms with van der Waals surface area (Å²) in [6, 6.07) is 6.15. The van der Waals surface area contributed by atoms with Crippen LogP contribution < -0.4 is 10.5 Å². The van der Waals surface area contributed by atoms with Gasteiger partial charge >= 0.3 is 0 Å². The van der Waals surface area contributed by atoms with E-state index in [0.29, 0.717) is 6.61 Å². The molecule has 1 aromatic rings. The fourth-order valence-corrected chi connectivity index (χ4v) is 1.37. The Morgan fingerprint density at radius 2 is 2.27 bits per heavy atom. The minimum atomic E-state index is 0.0749. The molecule has 0 aromatic heterocycles. The first kappa shape index (κ1) is 11.8. The third kappa shape index (κ3) is 3.40. The second-order valence-electron chi connectivity index (χ2n) is 3.74. The Morgan fingerprint density at radius 3 is 2.80 bits per heavy atom. The zero-order valence-corrected chi connectivity index (χ0v) is 9.49. The van der Waals surface area contributed by atoms with Crippen molar-refractivity contribution in [3.8, 4) is 5.75 Å². The predicted octanol–water partition coefficient (Wildman–Crippen LogP) is 2.97. The van der Waals surface area contributed by atoms with Gasteiger partial charge in [-0.1, -0.05) is 18.2 Å². The number of aryl methyl sites for hydroxylation is 1. The summed E-state index contributed by atoms with van der Waals surface area (Å²) < 4.78 is 5.60. The van der Waals surface area contributed by atoms with Gasteiger partial charge in [0.25, 0.3) is 0 Å². The van der Waals surface area contributed by atoms with Crippen molar-refractivity contribution in [1.29, 1.82) is 0 Å². The second-order valence-corrected chi connectivity index (χ2v) is 3.74. The first-order valence-corrected chi connectivity index (χ1v) is 5.25. The van der Waals surface area contributed by atoms with E-state index in [1.807, 2.05) is 32.1 Å². The fourth-order valence-electron chi connectivity index (χ4n) is 1.37. The van der Waals surface area contributed by atoms with Crippen molar-refractivity contribution in [1.82, 2.24) is 0 Å². The van der Waals surface area contributed by atoms with Crippen molar-refractivity contribution in [2.45, 2.75) is 26.3 Å². The summed E-state index contributed by atoms with van der Waals surface area (Å²) in [5, 5.41) is 0. The molecule has 1 aromatic carbocycles. The lowest BCUT2D eigenvalue weighted by atomic mass is 10.1. The van der Waals surface area contributed by atoms with E-state index in [-0.39, 0.29) is 6.04 Å². The van der Waals surface area contributed by atoms with Gasteiger partial charge in [-0.15, -0.1) is 6.58 Å². The summed E-state index contributed by atoms with van der Waals surface area (Å²) in [7, 11) is 0. The lowest BCUT2D eigenvalue weighted by molar-refractivity contribution is 0.322. The minimum absolute atomic E-state index is 0.0749. The van der Waals surface area contributed by atoms with Crippen molar-refractivity contribution in [2.24, 2.45) is 5.73 Å². The smallest absolute Gasteiger partial charge is 0.122 e. The van der Waals surface area contributed by atoms with Crippen LogP contribution in [0.15, 0.2) is 30.9 Å². The van der Waals surface area contributed by atoms with E-state index in [1.165, 1.54) is 0 Å². The highest BCUT2D eigenvalue weighted by Gasteiger charge is 2.03. The molecule has 15 heavy (non-hydrogen) atoms. The standard InChI is InChI=1S/C13H19NO/c1-4-5-8-15-13-7-6-12(11(3)14)9-10(13)2/h4,6-7,9,11H,1,5,8,14H2,2-3H3. The van der Waals surface area contributed by atoms with Crippen LogP contribution in [0.2, 0.25) is 0 Å². The average Bonchev–Trinajstić information content (AvgIpc) is 2.20. The lowest BCUT2D eigenvalue weighted by Crippen LogP contribution is -2.05. The quantitative estimate of drug-likeness (QED) is 0.592. The van der Waals surface area contributed by atoms with E-state index in [2.05, 4.69) is 12.6 Å². The van der Waals surface area contributed by atoms with E-state index < -0.39 is 0 Å². The SMILES string of the molecule is C=CCCOc1ccc(C(C)N)cc1C. The average molecular weight is 205 g/mol. The molecule has 0 spiro atoms. The summed E-state index contributed by atoms with van der Waals surface area (Å²) in [6.45, 7) is 8.35. The Balaban J connectivity index is 2.70. The topological polar surface area (TPSA) is 35.2 Å². The number of benzene rings is 1. The maximum Gasteiger partial charge on any atom is 0.122 e. The maximum absolute atomic E-state index is 5.80. The van der Waals surface area contributed by atoms with Crippen molar-refractivity contribution in [2.75, 3.05) is 6.61 Å². The third-order valence-electron chi connectivity index (χ3n) is 2.30. The Labute approximate surface area is 91.7 Å². The van der Waals surface area contributed by atoms with Crippen LogP contribution in [0.4, 0.5) is 0 Å². The predicted molar refractivity (Wildman–Crippen MR) is 64.1 cm³/mol. The van der Waals surface area contributed by atoms with Crippen LogP contribution >= 0.6 is 0 Å². The van der Waals surface area contributed by atoms with Gasteiger partial charge in [0.15, 0.2) is 0 Å². The van der Waals surface area contributed by atoms with E-state index in [9.17, 15) is 0 Å². The molecule has 0 amide bonds. The minimum Gasteiger partial charge on any atom is -0.493 e. The highest BCUT2D eigenvalue weighted by atomic mass is 16.5. The lowest BCUT2D eigenvalue weighted by Gasteiger charge is -2.11. The van der Waals surface area contributed by atoms with Crippen molar-refractivity contribution in [3.05, 3.63) is 42.0 Å². The van der Waals surface area contributed by atoms with Gasteiger partial charge in [0, 0.05) is 6.04 Å². The van der Waals surface area contributed by atoms with Crippen LogP contribution in [0.5, 0.6) is 5.75 Å². The van der Waals surface area contributed by atoms with Gasteiger partial charge in [0.1, 0.15) is 5.75 Å². The first-order chi connectivity index (χ1) is 7.15. The molecule has 0 saturated carbocycles. The van der Waals surface area contributed by atoms with Gasteiger partial charge in [-0.2, -0.15) is 0 Å². The van der Waals surface area contributed by atoms with Gasteiger partial charge in [-0.3, -0.25) is 0 Å². The Morgan fingerprint density at radius 1 is 1.53 bits per heavy atom. The Bertz CT molecular complexity index is 331. The van der Waals surface area contributed by atoms with Gasteiger partial charge in [-0.25, -0.2) is 0 Å². The van der Waals surface area contributed by atoms with Crippen molar-refractivity contribution >= 4 is 0 Å². The van der Waals surface area contributed by atoms with Crippen LogP contribution in [0.3, 0.4) is 0 Å². The zero-order chi connectivity index (χ0) is 11.3. The van der Waals surface area contributed by atoms with Crippen LogP contribution in [0.1, 0.15) is 30.5 Å². The number of rotatable bonds is 5. The van der Waals surface area contributed by atoms with Crippen LogP contribution in [-0.4, -0.2) is 6.61 Å². The fraction of sp³-hybridized carbons (Fsp3) is 0.385. The molecule has 2 nitrogen and oxygen atoms in total. The van der Waals surface area contributed by atoms with E-state index in [4.69, 9.17) is 10.5 Å². The summed E-state index contributed by atoms with van der Waals surface area (Å²) in [6.07, 6.45) is 2.72. The number of nitrogens with two attached hydrogens (primary N) is 1. The molecule has 82 valence electrons. The van der Waals surface area contributed by atoms with Crippen LogP contribution in [0.25, 0.3) is 0 Å². The second kappa shape index (κ2) is 5.56. The summed E-state index contributed by atoms with van der Waals surface area (Å²) in [5.41, 5.74) is 8.08. The zero-order valence-electron chi connectivity index (χ0n) is 9.49. The van der Waals surface area contributed by atoms with Gasteiger partial charge in [-0.05, 0) is 37.5 Å². The highest BCUT2D eigenvalue weighted by Crippen LogP contribution is 2.21. The molecule has 0 heterocycles. The molecule has 1 unspecified atom stereocenters. The molecule has 0 aliphatic rings. The molecule has 1 atom stereocenters. The monoisotopic (exact) mass is 205 g/mol. The molecular weight excluding hydrogens is 186 g/mol. The van der Waals surface area contributed by atoms with Gasteiger partial charge < -0.3 is 10.5 Å². The van der Waals surface area contributed by atoms with Crippen LogP contribution in [-0.2, 0) is 0 Å². The van der Waals surface area contributed by atoms with Gasteiger partial charge in [0.2, 0.25) is 0 Å². The molecule has 0 radical (unpaired) electrons. The third-order valence-corrected chi connectivity index (χ3v) is 2.30. The summed E-state index contributed by atoms with van der Waals surface area (Å²) >= 11 is 0. The molecule has 1 rings (SSSR count). The molecule has 0 fully saturated rings. The van der Waals surface area contributed by atoms with Gasteiger partial charge in [0.05, 0.1) is 6.61 Å². The summed E-state index contributed by atoms with van der Waals surface area (Å²) in [5.74, 6) is 0.932. The molecule has 0 bridgehead atoms. The summed E-state index contributed by atoms with van der Waals surface area (Å²) in [4.78, 5) is 0.